The van der Waals surface area contributed by atoms with Crippen molar-refractivity contribution in [2.45, 2.75) is 25.9 Å². The summed E-state index contributed by atoms with van der Waals surface area (Å²) in [4.78, 5) is 21.7. The summed E-state index contributed by atoms with van der Waals surface area (Å²) < 4.78 is 0. The molecule has 5 heteroatoms. The minimum atomic E-state index is -0.572. The van der Waals surface area contributed by atoms with E-state index in [9.17, 15) is 9.59 Å². The summed E-state index contributed by atoms with van der Waals surface area (Å²) in [5.74, 6) is -0.298. The predicted molar refractivity (Wildman–Crippen MR) is 43.3 cm³/mol. The third kappa shape index (κ3) is 1.49. The van der Waals surface area contributed by atoms with Crippen LogP contribution in [0.4, 0.5) is 4.79 Å². The van der Waals surface area contributed by atoms with Gasteiger partial charge in [-0.2, -0.15) is 0 Å². The molecule has 68 valence electrons. The minimum Gasteiger partial charge on any atom is -0.368 e. The molecule has 5 nitrogen and oxygen atoms in total. The molecule has 4 N–H and O–H groups in total. The molecule has 12 heavy (non-hydrogen) atoms. The van der Waals surface area contributed by atoms with E-state index in [0.29, 0.717) is 0 Å². The maximum atomic E-state index is 10.8. The van der Waals surface area contributed by atoms with Gasteiger partial charge in [0.1, 0.15) is 6.04 Å². The lowest BCUT2D eigenvalue weighted by atomic mass is 9.98. The zero-order chi connectivity index (χ0) is 9.30. The molecule has 1 aliphatic rings. The summed E-state index contributed by atoms with van der Waals surface area (Å²) in [7, 11) is 0. The first-order valence-electron chi connectivity index (χ1n) is 3.88. The second kappa shape index (κ2) is 3.00. The van der Waals surface area contributed by atoms with Crippen molar-refractivity contribution in [1.82, 2.24) is 10.6 Å². The van der Waals surface area contributed by atoms with Crippen molar-refractivity contribution in [3.8, 4) is 0 Å². The fourth-order valence-corrected chi connectivity index (χ4v) is 1.31. The van der Waals surface area contributed by atoms with Crippen LogP contribution >= 0.6 is 0 Å². The number of carbonyl (C=O) groups is 2. The summed E-state index contributed by atoms with van der Waals surface area (Å²) >= 11 is 0. The Hall–Kier alpha value is -1.26. The number of nitrogens with one attached hydrogen (secondary N) is 2. The molecule has 1 heterocycles. The van der Waals surface area contributed by atoms with Gasteiger partial charge < -0.3 is 16.4 Å². The van der Waals surface area contributed by atoms with Crippen LogP contribution in [0.25, 0.3) is 0 Å². The first kappa shape index (κ1) is 8.83. The Morgan fingerprint density at radius 3 is 2.42 bits per heavy atom. The van der Waals surface area contributed by atoms with Gasteiger partial charge in [0.05, 0.1) is 6.04 Å². The smallest absolute Gasteiger partial charge is 0.315 e. The molecule has 2 atom stereocenters. The van der Waals surface area contributed by atoms with Crippen LogP contribution in [-0.4, -0.2) is 24.0 Å². The van der Waals surface area contributed by atoms with Crippen molar-refractivity contribution in [3.05, 3.63) is 0 Å². The molecule has 1 rings (SSSR count). The van der Waals surface area contributed by atoms with Crippen LogP contribution in [-0.2, 0) is 4.79 Å². The highest BCUT2D eigenvalue weighted by atomic mass is 16.2. The Kier molecular flexibility index (Phi) is 2.21. The van der Waals surface area contributed by atoms with E-state index in [2.05, 4.69) is 10.6 Å². The SMILES string of the molecule is CC(C)[C@@H]1NC(=O)N[C@@H]1C(N)=O. The molecular formula is C7H13N3O2. The van der Waals surface area contributed by atoms with Crippen LogP contribution in [0.1, 0.15) is 13.8 Å². The second-order valence-electron chi connectivity index (χ2n) is 3.27. The van der Waals surface area contributed by atoms with Crippen LogP contribution in [0.3, 0.4) is 0 Å². The zero-order valence-corrected chi connectivity index (χ0v) is 7.13. The van der Waals surface area contributed by atoms with Gasteiger partial charge in [-0.25, -0.2) is 4.79 Å². The molecule has 1 aliphatic heterocycles. The fourth-order valence-electron chi connectivity index (χ4n) is 1.31. The van der Waals surface area contributed by atoms with Crippen molar-refractivity contribution >= 4 is 11.9 Å². The Labute approximate surface area is 70.7 Å². The van der Waals surface area contributed by atoms with Gasteiger partial charge in [0.2, 0.25) is 5.91 Å². The maximum absolute atomic E-state index is 10.8. The Bertz CT molecular complexity index is 215. The number of primary amides is 1. The summed E-state index contributed by atoms with van der Waals surface area (Å²) in [6.45, 7) is 3.85. The van der Waals surface area contributed by atoms with E-state index in [1.54, 1.807) is 0 Å². The monoisotopic (exact) mass is 171 g/mol. The summed E-state index contributed by atoms with van der Waals surface area (Å²) in [5, 5.41) is 5.09. The molecule has 3 amide bonds. The lowest BCUT2D eigenvalue weighted by molar-refractivity contribution is -0.120. The first-order chi connectivity index (χ1) is 5.52. The van der Waals surface area contributed by atoms with Crippen molar-refractivity contribution in [2.75, 3.05) is 0 Å². The van der Waals surface area contributed by atoms with Gasteiger partial charge in [0.25, 0.3) is 0 Å². The lowest BCUT2D eigenvalue weighted by Gasteiger charge is -2.18. The quantitative estimate of drug-likeness (QED) is 0.507. The topological polar surface area (TPSA) is 84.2 Å². The Morgan fingerprint density at radius 2 is 2.08 bits per heavy atom. The van der Waals surface area contributed by atoms with Gasteiger partial charge in [-0.3, -0.25) is 4.79 Å². The molecule has 0 aromatic heterocycles. The number of urea groups is 1. The van der Waals surface area contributed by atoms with Crippen LogP contribution in [0.2, 0.25) is 0 Å². The Balaban J connectivity index is 2.72. The summed E-state index contributed by atoms with van der Waals surface area (Å²) in [6, 6.07) is -1.08. The molecule has 0 aromatic carbocycles. The normalized spacial score (nSPS) is 28.4. The van der Waals surface area contributed by atoms with Gasteiger partial charge >= 0.3 is 6.03 Å². The van der Waals surface area contributed by atoms with Gasteiger partial charge in [0, 0.05) is 0 Å². The highest BCUT2D eigenvalue weighted by molar-refractivity contribution is 5.90. The van der Waals surface area contributed by atoms with Crippen LogP contribution in [0.5, 0.6) is 0 Å². The summed E-state index contributed by atoms with van der Waals surface area (Å²) in [6.07, 6.45) is 0. The maximum Gasteiger partial charge on any atom is 0.315 e. The van der Waals surface area contributed by atoms with Crippen molar-refractivity contribution < 1.29 is 9.59 Å². The largest absolute Gasteiger partial charge is 0.368 e. The standard InChI is InChI=1S/C7H13N3O2/c1-3(2)4-5(6(8)11)10-7(12)9-4/h3-5H,1-2H3,(H2,8,11)(H2,9,10,12)/t4-,5-/m0/s1. The van der Waals surface area contributed by atoms with Crippen molar-refractivity contribution in [2.24, 2.45) is 11.7 Å². The van der Waals surface area contributed by atoms with Crippen LogP contribution in [0.15, 0.2) is 0 Å². The number of amides is 3. The van der Waals surface area contributed by atoms with E-state index in [1.165, 1.54) is 0 Å². The molecule has 0 aromatic rings. The Morgan fingerprint density at radius 1 is 1.50 bits per heavy atom. The van der Waals surface area contributed by atoms with E-state index < -0.39 is 11.9 Å². The predicted octanol–water partition coefficient (Wildman–Crippen LogP) is -0.822. The van der Waals surface area contributed by atoms with E-state index >= 15 is 0 Å². The highest BCUT2D eigenvalue weighted by Crippen LogP contribution is 2.10. The van der Waals surface area contributed by atoms with Gasteiger partial charge in [-0.1, -0.05) is 13.8 Å². The molecular weight excluding hydrogens is 158 g/mol. The summed E-state index contributed by atoms with van der Waals surface area (Å²) in [5.41, 5.74) is 5.09. The third-order valence-electron chi connectivity index (χ3n) is 1.97. The molecule has 0 unspecified atom stereocenters. The number of hydrogen-bond donors (Lipinski definition) is 3. The van der Waals surface area contributed by atoms with Gasteiger partial charge in [0.15, 0.2) is 0 Å². The number of hydrogen-bond acceptors (Lipinski definition) is 2. The zero-order valence-electron chi connectivity index (χ0n) is 7.13. The molecule has 0 aliphatic carbocycles. The minimum absolute atomic E-state index is 0.185. The number of nitrogens with two attached hydrogens (primary N) is 1. The number of rotatable bonds is 2. The average Bonchev–Trinajstić information content (AvgIpc) is 2.31. The van der Waals surface area contributed by atoms with E-state index in [0.717, 1.165) is 0 Å². The second-order valence-corrected chi connectivity index (χ2v) is 3.27. The van der Waals surface area contributed by atoms with Crippen LogP contribution < -0.4 is 16.4 Å². The van der Waals surface area contributed by atoms with E-state index in [4.69, 9.17) is 5.73 Å². The lowest BCUT2D eigenvalue weighted by Crippen LogP contribution is -2.47. The van der Waals surface area contributed by atoms with Crippen LogP contribution in [0, 0.1) is 5.92 Å². The van der Waals surface area contributed by atoms with Crippen molar-refractivity contribution in [3.63, 3.8) is 0 Å². The van der Waals surface area contributed by atoms with E-state index in [-0.39, 0.29) is 18.0 Å². The average molecular weight is 171 g/mol. The highest BCUT2D eigenvalue weighted by Gasteiger charge is 2.37. The molecule has 0 spiro atoms. The van der Waals surface area contributed by atoms with Gasteiger partial charge in [-0.05, 0) is 5.92 Å². The molecule has 1 saturated heterocycles. The van der Waals surface area contributed by atoms with Gasteiger partial charge in [-0.15, -0.1) is 0 Å². The van der Waals surface area contributed by atoms with Crippen molar-refractivity contribution in [1.29, 1.82) is 0 Å². The number of carbonyl (C=O) groups excluding carboxylic acids is 2. The fraction of sp³-hybridized carbons (Fsp3) is 0.714. The molecule has 0 bridgehead atoms. The molecule has 1 fully saturated rings. The third-order valence-corrected chi connectivity index (χ3v) is 1.97. The van der Waals surface area contributed by atoms with E-state index in [1.807, 2.05) is 13.8 Å². The molecule has 0 saturated carbocycles. The first-order valence-corrected chi connectivity index (χ1v) is 3.88. The molecule has 0 radical (unpaired) electrons.